The largest absolute Gasteiger partial charge is 0.445 e. The van der Waals surface area contributed by atoms with Crippen LogP contribution in [-0.2, 0) is 58.3 Å². The van der Waals surface area contributed by atoms with E-state index in [0.29, 0.717) is 0 Å². The van der Waals surface area contributed by atoms with Gasteiger partial charge in [0.2, 0.25) is 0 Å². The third-order valence-corrected chi connectivity index (χ3v) is 6.63. The molecule has 10 nitrogen and oxygen atoms in total. The van der Waals surface area contributed by atoms with Crippen molar-refractivity contribution >= 4 is 18.2 Å². The maximum atomic E-state index is 12.4. The molecule has 10 heteroatoms. The summed E-state index contributed by atoms with van der Waals surface area (Å²) in [5, 5.41) is 5.50. The van der Waals surface area contributed by atoms with Gasteiger partial charge in [0.1, 0.15) is 13.2 Å². The number of rotatable bonds is 11. The Kier molecular flexibility index (Phi) is 10.00. The van der Waals surface area contributed by atoms with E-state index in [0.717, 1.165) is 53.0 Å². The first kappa shape index (κ1) is 29.6. The second kappa shape index (κ2) is 13.8. The van der Waals surface area contributed by atoms with Gasteiger partial charge < -0.3 is 29.4 Å². The Labute approximate surface area is 240 Å². The van der Waals surface area contributed by atoms with Crippen LogP contribution in [0, 0.1) is 0 Å². The summed E-state index contributed by atoms with van der Waals surface area (Å²) in [6.45, 7) is 8.47. The summed E-state index contributed by atoms with van der Waals surface area (Å²) >= 11 is 0. The molecule has 0 saturated carbocycles. The monoisotopic (exact) mass is 563 g/mol. The van der Waals surface area contributed by atoms with Crippen molar-refractivity contribution in [2.45, 2.75) is 85.5 Å². The molecular formula is C31H39N4O6+. The van der Waals surface area contributed by atoms with Crippen molar-refractivity contribution in [3.8, 4) is 11.3 Å². The minimum atomic E-state index is -0.509. The van der Waals surface area contributed by atoms with E-state index in [1.807, 2.05) is 82.6 Å². The van der Waals surface area contributed by atoms with Crippen LogP contribution in [0.2, 0.25) is 0 Å². The van der Waals surface area contributed by atoms with Crippen molar-refractivity contribution in [2.24, 2.45) is 0 Å². The molecule has 218 valence electrons. The normalized spacial score (nSPS) is 12.2. The fraction of sp³-hybridized carbons (Fsp3) is 0.419. The number of amides is 2. The maximum Gasteiger partial charge on any atom is 0.407 e. The standard InChI is InChI=1S/C31H38N4O6/c1-21(2)32-30(37)39-18-25-26(19-40-31(38)33-22(3)4)29(35-14-8-11-27(25)35)24-12-15-34(16-13-24)20-41-28(36)17-23-9-6-5-7-10-23/h5-7,9-10,12-13,15-16,21-22H,8,11,14,17-20H2,1-4H3,(H-,32,33,37,38)/p+1. The molecule has 1 aromatic carbocycles. The number of carbonyl (C=O) groups excluding carboxylic acids is 3. The number of alkyl carbamates (subject to hydrolysis) is 2. The average Bonchev–Trinajstić information content (AvgIpc) is 3.50. The summed E-state index contributed by atoms with van der Waals surface area (Å²) in [7, 11) is 0. The molecule has 0 aliphatic carbocycles. The average molecular weight is 564 g/mol. The van der Waals surface area contributed by atoms with E-state index >= 15 is 0 Å². The Morgan fingerprint density at radius 3 is 2.07 bits per heavy atom. The Morgan fingerprint density at radius 1 is 0.854 bits per heavy atom. The van der Waals surface area contributed by atoms with E-state index in [4.69, 9.17) is 14.2 Å². The molecule has 0 saturated heterocycles. The maximum absolute atomic E-state index is 12.4. The predicted octanol–water partition coefficient (Wildman–Crippen LogP) is 4.40. The van der Waals surface area contributed by atoms with Crippen LogP contribution in [0.15, 0.2) is 54.9 Å². The van der Waals surface area contributed by atoms with Gasteiger partial charge in [0.25, 0.3) is 6.73 Å². The molecular weight excluding hydrogens is 524 g/mol. The van der Waals surface area contributed by atoms with E-state index in [1.54, 1.807) is 4.57 Å². The van der Waals surface area contributed by atoms with Crippen LogP contribution in [0.25, 0.3) is 11.3 Å². The summed E-state index contributed by atoms with van der Waals surface area (Å²) < 4.78 is 20.6. The van der Waals surface area contributed by atoms with Crippen LogP contribution >= 0.6 is 0 Å². The number of esters is 1. The van der Waals surface area contributed by atoms with Crippen molar-refractivity contribution in [3.05, 3.63) is 77.2 Å². The van der Waals surface area contributed by atoms with E-state index < -0.39 is 12.2 Å². The van der Waals surface area contributed by atoms with E-state index in [-0.39, 0.29) is 44.4 Å². The zero-order valence-electron chi connectivity index (χ0n) is 24.1. The predicted molar refractivity (Wildman–Crippen MR) is 152 cm³/mol. The zero-order chi connectivity index (χ0) is 29.4. The fourth-order valence-electron chi connectivity index (χ4n) is 4.86. The number of hydrogen-bond acceptors (Lipinski definition) is 6. The molecule has 0 spiro atoms. The first-order chi connectivity index (χ1) is 19.7. The van der Waals surface area contributed by atoms with Gasteiger partial charge in [0.15, 0.2) is 12.4 Å². The topological polar surface area (TPSA) is 112 Å². The molecule has 4 rings (SSSR count). The van der Waals surface area contributed by atoms with Gasteiger partial charge in [-0.25, -0.2) is 9.59 Å². The second-order valence-electron chi connectivity index (χ2n) is 10.7. The Morgan fingerprint density at radius 2 is 1.46 bits per heavy atom. The van der Waals surface area contributed by atoms with Gasteiger partial charge in [-0.1, -0.05) is 30.3 Å². The first-order valence-electron chi connectivity index (χ1n) is 14.0. The summed E-state index contributed by atoms with van der Waals surface area (Å²) in [5.74, 6) is -0.303. The lowest BCUT2D eigenvalue weighted by molar-refractivity contribution is -0.727. The van der Waals surface area contributed by atoms with E-state index in [1.165, 1.54) is 0 Å². The highest BCUT2D eigenvalue weighted by Gasteiger charge is 2.28. The summed E-state index contributed by atoms with van der Waals surface area (Å²) in [6, 6.07) is 13.3. The molecule has 2 amide bonds. The Balaban J connectivity index is 1.54. The third kappa shape index (κ3) is 8.09. The van der Waals surface area contributed by atoms with Crippen LogP contribution in [0.4, 0.5) is 9.59 Å². The van der Waals surface area contributed by atoms with Gasteiger partial charge in [-0.2, -0.15) is 4.57 Å². The molecule has 0 bridgehead atoms. The van der Waals surface area contributed by atoms with Crippen LogP contribution in [-0.4, -0.2) is 34.8 Å². The molecule has 2 aromatic heterocycles. The number of hydrogen-bond donors (Lipinski definition) is 2. The molecule has 0 unspecified atom stereocenters. The summed E-state index contributed by atoms with van der Waals surface area (Å²) in [4.78, 5) is 36.9. The number of nitrogens with zero attached hydrogens (tertiary/aromatic N) is 2. The van der Waals surface area contributed by atoms with Crippen LogP contribution < -0.4 is 15.2 Å². The van der Waals surface area contributed by atoms with E-state index in [9.17, 15) is 14.4 Å². The van der Waals surface area contributed by atoms with Gasteiger partial charge in [-0.05, 0) is 46.1 Å². The minimum absolute atomic E-state index is 0.0321. The second-order valence-corrected chi connectivity index (χ2v) is 10.7. The molecule has 41 heavy (non-hydrogen) atoms. The highest BCUT2D eigenvalue weighted by molar-refractivity contribution is 5.72. The SMILES string of the molecule is CC(C)NC(=O)OCc1c(COC(=O)NC(C)C)c(-c2cc[n+](COC(=O)Cc3ccccc3)cc2)n2c1CCC2. The minimum Gasteiger partial charge on any atom is -0.445 e. The Bertz CT molecular complexity index is 1350. The lowest BCUT2D eigenvalue weighted by atomic mass is 10.0. The van der Waals surface area contributed by atoms with Crippen molar-refractivity contribution < 1.29 is 33.2 Å². The van der Waals surface area contributed by atoms with Crippen LogP contribution in [0.5, 0.6) is 0 Å². The molecule has 1 aliphatic rings. The molecule has 1 aliphatic heterocycles. The summed E-state index contributed by atoms with van der Waals surface area (Å²) in [6.07, 6.45) is 4.71. The number of pyridine rings is 1. The highest BCUT2D eigenvalue weighted by atomic mass is 16.6. The number of benzene rings is 1. The zero-order valence-corrected chi connectivity index (χ0v) is 24.1. The van der Waals surface area contributed by atoms with Gasteiger partial charge in [0, 0.05) is 53.1 Å². The molecule has 3 aromatic rings. The van der Waals surface area contributed by atoms with Crippen molar-refractivity contribution in [1.29, 1.82) is 0 Å². The van der Waals surface area contributed by atoms with E-state index in [2.05, 4.69) is 15.2 Å². The molecule has 3 heterocycles. The van der Waals surface area contributed by atoms with Crippen LogP contribution in [0.3, 0.4) is 0 Å². The molecule has 0 atom stereocenters. The molecule has 0 fully saturated rings. The highest BCUT2D eigenvalue weighted by Crippen LogP contribution is 2.36. The lowest BCUT2D eigenvalue weighted by Gasteiger charge is -2.14. The Hall–Kier alpha value is -4.34. The number of carbonyl (C=O) groups is 3. The third-order valence-electron chi connectivity index (χ3n) is 6.63. The van der Waals surface area contributed by atoms with Gasteiger partial charge >= 0.3 is 18.2 Å². The number of fused-ring (bicyclic) bond motifs is 1. The lowest BCUT2D eigenvalue weighted by Crippen LogP contribution is -2.35. The first-order valence-corrected chi connectivity index (χ1v) is 14.0. The van der Waals surface area contributed by atoms with Crippen molar-refractivity contribution in [1.82, 2.24) is 15.2 Å². The smallest absolute Gasteiger partial charge is 0.407 e. The van der Waals surface area contributed by atoms with Gasteiger partial charge in [-0.3, -0.25) is 4.79 Å². The number of aromatic nitrogens is 2. The van der Waals surface area contributed by atoms with Gasteiger partial charge in [0.05, 0.1) is 12.1 Å². The van der Waals surface area contributed by atoms with Crippen molar-refractivity contribution in [2.75, 3.05) is 0 Å². The van der Waals surface area contributed by atoms with Crippen molar-refractivity contribution in [3.63, 3.8) is 0 Å². The number of nitrogens with one attached hydrogen (secondary N) is 2. The molecule has 2 N–H and O–H groups in total. The quantitative estimate of drug-likeness (QED) is 0.203. The number of ether oxygens (including phenoxy) is 3. The van der Waals surface area contributed by atoms with Gasteiger partial charge in [-0.15, -0.1) is 0 Å². The summed E-state index contributed by atoms with van der Waals surface area (Å²) in [5.41, 5.74) is 5.49. The molecule has 0 radical (unpaired) electrons. The fourth-order valence-corrected chi connectivity index (χ4v) is 4.86. The van der Waals surface area contributed by atoms with Crippen LogP contribution in [0.1, 0.15) is 56.5 Å².